The fraction of sp³-hybridized carbons (Fsp3) is 0.381. The molecule has 0 aliphatic carbocycles. The van der Waals surface area contributed by atoms with E-state index in [9.17, 15) is 18.3 Å². The van der Waals surface area contributed by atoms with Gasteiger partial charge in [-0.15, -0.1) is 0 Å². The molecule has 150 valence electrons. The van der Waals surface area contributed by atoms with Crippen LogP contribution in [0.25, 0.3) is 0 Å². The van der Waals surface area contributed by atoms with Gasteiger partial charge in [0.15, 0.2) is 0 Å². The van der Waals surface area contributed by atoms with E-state index in [0.29, 0.717) is 37.2 Å². The Kier molecular flexibility index (Phi) is 6.05. The molecule has 3 rings (SSSR count). The molecule has 2 aromatic carbocycles. The van der Waals surface area contributed by atoms with Crippen molar-refractivity contribution < 1.29 is 18.3 Å². The predicted molar refractivity (Wildman–Crippen MR) is 110 cm³/mol. The summed E-state index contributed by atoms with van der Waals surface area (Å²) in [4.78, 5) is 12.6. The maximum atomic E-state index is 12.6. The number of anilines is 1. The molecule has 1 heterocycles. The van der Waals surface area contributed by atoms with E-state index in [1.54, 1.807) is 24.3 Å². The molecule has 1 saturated heterocycles. The van der Waals surface area contributed by atoms with Gasteiger partial charge < -0.3 is 10.4 Å². The highest BCUT2D eigenvalue weighted by Crippen LogP contribution is 2.25. The topological polar surface area (TPSA) is 86.7 Å². The van der Waals surface area contributed by atoms with Crippen LogP contribution in [0.5, 0.6) is 0 Å². The van der Waals surface area contributed by atoms with Crippen LogP contribution in [0.4, 0.5) is 5.69 Å². The minimum atomic E-state index is -3.29. The third-order valence-electron chi connectivity index (χ3n) is 5.03. The molecule has 1 unspecified atom stereocenters. The molecule has 0 aromatic heterocycles. The summed E-state index contributed by atoms with van der Waals surface area (Å²) in [6, 6.07) is 16.5. The maximum Gasteiger partial charge on any atom is 0.251 e. The summed E-state index contributed by atoms with van der Waals surface area (Å²) in [6.45, 7) is 2.61. The number of aliphatic hydroxyl groups is 1. The van der Waals surface area contributed by atoms with Crippen LogP contribution in [-0.4, -0.2) is 44.9 Å². The number of amides is 1. The Hall–Kier alpha value is -2.38. The van der Waals surface area contributed by atoms with Crippen molar-refractivity contribution in [3.63, 3.8) is 0 Å². The van der Waals surface area contributed by atoms with E-state index >= 15 is 0 Å². The quantitative estimate of drug-likeness (QED) is 0.743. The molecule has 2 aromatic rings. The zero-order valence-corrected chi connectivity index (χ0v) is 16.8. The molecule has 6 nitrogen and oxygen atoms in total. The SMILES string of the molecule is CC(CO)(CNC(=O)c1cccc(N2CCCS2(=O)=O)c1)Cc1ccccc1. The number of aliphatic hydroxyl groups excluding tert-OH is 1. The lowest BCUT2D eigenvalue weighted by molar-refractivity contribution is 0.0895. The van der Waals surface area contributed by atoms with Crippen molar-refractivity contribution in [1.82, 2.24) is 5.32 Å². The molecule has 1 fully saturated rings. The standard InChI is InChI=1S/C21H26N2O4S/c1-21(16-24,14-17-7-3-2-4-8-17)15-22-20(25)18-9-5-10-19(13-18)23-11-6-12-28(23,26)27/h2-5,7-10,13,24H,6,11-12,14-16H2,1H3,(H,22,25). The number of carbonyl (C=O) groups excluding carboxylic acids is 1. The highest BCUT2D eigenvalue weighted by Gasteiger charge is 2.29. The zero-order chi connectivity index (χ0) is 20.2. The minimum Gasteiger partial charge on any atom is -0.396 e. The van der Waals surface area contributed by atoms with Crippen molar-refractivity contribution in [2.24, 2.45) is 5.41 Å². The Labute approximate surface area is 166 Å². The third-order valence-corrected chi connectivity index (χ3v) is 6.90. The molecule has 0 saturated carbocycles. The number of nitrogens with one attached hydrogen (secondary N) is 1. The molecule has 1 atom stereocenters. The molecular formula is C21H26N2O4S. The van der Waals surface area contributed by atoms with Crippen molar-refractivity contribution >= 4 is 21.6 Å². The van der Waals surface area contributed by atoms with Crippen molar-refractivity contribution in [3.8, 4) is 0 Å². The molecular weight excluding hydrogens is 376 g/mol. The molecule has 2 N–H and O–H groups in total. The summed E-state index contributed by atoms with van der Waals surface area (Å²) in [5.74, 6) is -0.149. The fourth-order valence-corrected chi connectivity index (χ4v) is 4.95. The van der Waals surface area contributed by atoms with Gasteiger partial charge in [-0.2, -0.15) is 0 Å². The molecule has 0 bridgehead atoms. The number of nitrogens with zero attached hydrogens (tertiary/aromatic N) is 1. The van der Waals surface area contributed by atoms with E-state index in [2.05, 4.69) is 5.32 Å². The summed E-state index contributed by atoms with van der Waals surface area (Å²) in [5, 5.41) is 12.7. The van der Waals surface area contributed by atoms with Crippen molar-refractivity contribution in [1.29, 1.82) is 0 Å². The van der Waals surface area contributed by atoms with Crippen LogP contribution in [0.3, 0.4) is 0 Å². The first-order valence-corrected chi connectivity index (χ1v) is 11.0. The predicted octanol–water partition coefficient (Wildman–Crippen LogP) is 2.20. The Morgan fingerprint density at radius 2 is 1.93 bits per heavy atom. The lowest BCUT2D eigenvalue weighted by Crippen LogP contribution is -2.39. The largest absolute Gasteiger partial charge is 0.396 e. The molecule has 28 heavy (non-hydrogen) atoms. The zero-order valence-electron chi connectivity index (χ0n) is 16.0. The van der Waals surface area contributed by atoms with Gasteiger partial charge in [-0.25, -0.2) is 8.42 Å². The van der Waals surface area contributed by atoms with E-state index in [1.165, 1.54) is 4.31 Å². The summed E-state index contributed by atoms with van der Waals surface area (Å²) in [7, 11) is -3.29. The Morgan fingerprint density at radius 3 is 2.57 bits per heavy atom. The molecule has 0 radical (unpaired) electrons. The summed E-state index contributed by atoms with van der Waals surface area (Å²) < 4.78 is 25.6. The highest BCUT2D eigenvalue weighted by atomic mass is 32.2. The second-order valence-electron chi connectivity index (χ2n) is 7.61. The van der Waals surface area contributed by atoms with Gasteiger partial charge >= 0.3 is 0 Å². The Balaban J connectivity index is 1.68. The number of sulfonamides is 1. The van der Waals surface area contributed by atoms with Crippen LogP contribution in [-0.2, 0) is 16.4 Å². The second-order valence-corrected chi connectivity index (χ2v) is 9.62. The van der Waals surface area contributed by atoms with Crippen LogP contribution in [0, 0.1) is 5.41 Å². The van der Waals surface area contributed by atoms with E-state index < -0.39 is 15.4 Å². The van der Waals surface area contributed by atoms with Gasteiger partial charge in [0.2, 0.25) is 10.0 Å². The van der Waals surface area contributed by atoms with E-state index in [1.807, 2.05) is 37.3 Å². The first kappa shape index (κ1) is 20.4. The van der Waals surface area contributed by atoms with Gasteiger partial charge in [-0.05, 0) is 36.6 Å². The van der Waals surface area contributed by atoms with Crippen LogP contribution in [0.2, 0.25) is 0 Å². The first-order valence-electron chi connectivity index (χ1n) is 9.36. The van der Waals surface area contributed by atoms with E-state index in [4.69, 9.17) is 0 Å². The summed E-state index contributed by atoms with van der Waals surface area (Å²) in [5.41, 5.74) is 1.51. The molecule has 1 aliphatic heterocycles. The normalized spacial score (nSPS) is 17.9. The second kappa shape index (κ2) is 8.32. The number of hydrogen-bond acceptors (Lipinski definition) is 4. The van der Waals surface area contributed by atoms with Crippen molar-refractivity contribution in [2.45, 2.75) is 19.8 Å². The minimum absolute atomic E-state index is 0.0613. The van der Waals surface area contributed by atoms with E-state index in [-0.39, 0.29) is 18.3 Å². The van der Waals surface area contributed by atoms with Crippen molar-refractivity contribution in [2.75, 3.05) is 29.8 Å². The lowest BCUT2D eigenvalue weighted by atomic mass is 9.84. The van der Waals surface area contributed by atoms with Gasteiger partial charge in [0.1, 0.15) is 0 Å². The highest BCUT2D eigenvalue weighted by molar-refractivity contribution is 7.93. The monoisotopic (exact) mass is 402 g/mol. The average molecular weight is 403 g/mol. The Bertz CT molecular complexity index is 930. The number of hydrogen-bond donors (Lipinski definition) is 2. The van der Waals surface area contributed by atoms with Crippen LogP contribution < -0.4 is 9.62 Å². The average Bonchev–Trinajstić information content (AvgIpc) is 3.06. The number of benzene rings is 2. The van der Waals surface area contributed by atoms with Gasteiger partial charge in [0.25, 0.3) is 5.91 Å². The van der Waals surface area contributed by atoms with Crippen molar-refractivity contribution in [3.05, 3.63) is 65.7 Å². The lowest BCUT2D eigenvalue weighted by Gasteiger charge is -2.28. The van der Waals surface area contributed by atoms with Gasteiger partial charge in [-0.1, -0.05) is 43.3 Å². The van der Waals surface area contributed by atoms with Crippen LogP contribution >= 0.6 is 0 Å². The summed E-state index contributed by atoms with van der Waals surface area (Å²) in [6.07, 6.45) is 1.23. The first-order chi connectivity index (χ1) is 13.3. The molecule has 1 amide bonds. The maximum absolute atomic E-state index is 12.6. The smallest absolute Gasteiger partial charge is 0.251 e. The number of rotatable bonds is 7. The molecule has 0 spiro atoms. The third kappa shape index (κ3) is 4.72. The van der Waals surface area contributed by atoms with Crippen LogP contribution in [0.1, 0.15) is 29.3 Å². The van der Waals surface area contributed by atoms with Gasteiger partial charge in [-0.3, -0.25) is 9.10 Å². The molecule has 7 heteroatoms. The van der Waals surface area contributed by atoms with E-state index in [0.717, 1.165) is 5.56 Å². The molecule has 1 aliphatic rings. The fourth-order valence-electron chi connectivity index (χ4n) is 3.39. The Morgan fingerprint density at radius 1 is 1.18 bits per heavy atom. The summed E-state index contributed by atoms with van der Waals surface area (Å²) >= 11 is 0. The van der Waals surface area contributed by atoms with Gasteiger partial charge in [0, 0.05) is 24.1 Å². The van der Waals surface area contributed by atoms with Crippen LogP contribution in [0.15, 0.2) is 54.6 Å². The number of carbonyl (C=O) groups is 1. The van der Waals surface area contributed by atoms with Gasteiger partial charge in [0.05, 0.1) is 18.0 Å².